The minimum Gasteiger partial charge on any atom is -0.394 e. The molecule has 0 bridgehead atoms. The van der Waals surface area contributed by atoms with Gasteiger partial charge in [0.1, 0.15) is 5.69 Å². The number of hydrogen-bond acceptors (Lipinski definition) is 5. The standard InChI is InChI=1S/C14H17N3O2S/c15-7-6-13-16-12(9-20-13)14(19)17-11(8-18)10-4-2-1-3-5-10/h1-5,9,11,18H,6-8,15H2,(H,17,19)/t11-/m0/s1. The van der Waals surface area contributed by atoms with Crippen LogP contribution in [0.4, 0.5) is 0 Å². The molecule has 106 valence electrons. The fourth-order valence-corrected chi connectivity index (χ4v) is 2.60. The van der Waals surface area contributed by atoms with Crippen LogP contribution in [0.2, 0.25) is 0 Å². The van der Waals surface area contributed by atoms with Gasteiger partial charge in [-0.05, 0) is 12.1 Å². The Morgan fingerprint density at radius 2 is 2.15 bits per heavy atom. The third-order valence-electron chi connectivity index (χ3n) is 2.83. The lowest BCUT2D eigenvalue weighted by molar-refractivity contribution is 0.0911. The summed E-state index contributed by atoms with van der Waals surface area (Å²) in [5, 5.41) is 14.7. The van der Waals surface area contributed by atoms with E-state index in [1.807, 2.05) is 30.3 Å². The first-order valence-electron chi connectivity index (χ1n) is 6.35. The maximum absolute atomic E-state index is 12.1. The van der Waals surface area contributed by atoms with Crippen LogP contribution in [0.5, 0.6) is 0 Å². The van der Waals surface area contributed by atoms with Gasteiger partial charge in [0.2, 0.25) is 0 Å². The molecule has 0 saturated carbocycles. The van der Waals surface area contributed by atoms with Gasteiger partial charge in [-0.3, -0.25) is 4.79 Å². The van der Waals surface area contributed by atoms with Gasteiger partial charge < -0.3 is 16.2 Å². The van der Waals surface area contributed by atoms with E-state index >= 15 is 0 Å². The van der Waals surface area contributed by atoms with Crippen molar-refractivity contribution in [3.8, 4) is 0 Å². The molecular formula is C14H17N3O2S. The summed E-state index contributed by atoms with van der Waals surface area (Å²) in [5.41, 5.74) is 6.69. The number of aliphatic hydroxyl groups is 1. The fourth-order valence-electron chi connectivity index (χ4n) is 1.81. The highest BCUT2D eigenvalue weighted by Gasteiger charge is 2.16. The molecule has 0 unspecified atom stereocenters. The smallest absolute Gasteiger partial charge is 0.271 e. The highest BCUT2D eigenvalue weighted by atomic mass is 32.1. The summed E-state index contributed by atoms with van der Waals surface area (Å²) in [7, 11) is 0. The normalized spacial score (nSPS) is 12.1. The summed E-state index contributed by atoms with van der Waals surface area (Å²) in [6.07, 6.45) is 0.667. The molecule has 0 radical (unpaired) electrons. The van der Waals surface area contributed by atoms with Crippen LogP contribution in [0.15, 0.2) is 35.7 Å². The van der Waals surface area contributed by atoms with Gasteiger partial charge in [0, 0.05) is 11.8 Å². The number of nitrogens with two attached hydrogens (primary N) is 1. The Morgan fingerprint density at radius 1 is 1.40 bits per heavy atom. The van der Waals surface area contributed by atoms with E-state index in [4.69, 9.17) is 5.73 Å². The molecule has 0 saturated heterocycles. The van der Waals surface area contributed by atoms with Crippen LogP contribution in [0.3, 0.4) is 0 Å². The zero-order valence-corrected chi connectivity index (χ0v) is 11.8. The molecule has 1 aromatic heterocycles. The van der Waals surface area contributed by atoms with Gasteiger partial charge in [0.25, 0.3) is 5.91 Å². The Bertz CT molecular complexity index is 557. The molecule has 0 aliphatic rings. The number of aliphatic hydroxyl groups excluding tert-OH is 1. The molecule has 1 aromatic carbocycles. The van der Waals surface area contributed by atoms with E-state index in [1.54, 1.807) is 5.38 Å². The van der Waals surface area contributed by atoms with Crippen LogP contribution < -0.4 is 11.1 Å². The molecule has 20 heavy (non-hydrogen) atoms. The molecule has 1 amide bonds. The third-order valence-corrected chi connectivity index (χ3v) is 3.74. The number of nitrogens with one attached hydrogen (secondary N) is 1. The molecule has 0 aliphatic carbocycles. The number of rotatable bonds is 6. The summed E-state index contributed by atoms with van der Waals surface area (Å²) in [4.78, 5) is 16.3. The third kappa shape index (κ3) is 3.63. The van der Waals surface area contributed by atoms with Crippen molar-refractivity contribution in [1.82, 2.24) is 10.3 Å². The van der Waals surface area contributed by atoms with Gasteiger partial charge in [-0.25, -0.2) is 4.98 Å². The second-order valence-corrected chi connectivity index (χ2v) is 5.23. The summed E-state index contributed by atoms with van der Waals surface area (Å²) < 4.78 is 0. The summed E-state index contributed by atoms with van der Waals surface area (Å²) in [6.45, 7) is 0.355. The van der Waals surface area contributed by atoms with Crippen molar-refractivity contribution < 1.29 is 9.90 Å². The second-order valence-electron chi connectivity index (χ2n) is 4.28. The largest absolute Gasteiger partial charge is 0.394 e. The summed E-state index contributed by atoms with van der Waals surface area (Å²) >= 11 is 1.42. The predicted molar refractivity (Wildman–Crippen MR) is 78.6 cm³/mol. The van der Waals surface area contributed by atoms with Crippen LogP contribution >= 0.6 is 11.3 Å². The molecule has 5 nitrogen and oxygen atoms in total. The number of aromatic nitrogens is 1. The number of carbonyl (C=O) groups excluding carboxylic acids is 1. The summed E-state index contributed by atoms with van der Waals surface area (Å²) in [6, 6.07) is 8.92. The van der Waals surface area contributed by atoms with E-state index in [2.05, 4.69) is 10.3 Å². The molecule has 0 fully saturated rings. The number of nitrogens with zero attached hydrogens (tertiary/aromatic N) is 1. The first-order valence-corrected chi connectivity index (χ1v) is 7.23. The van der Waals surface area contributed by atoms with Crippen LogP contribution in [0.25, 0.3) is 0 Å². The molecule has 1 heterocycles. The van der Waals surface area contributed by atoms with E-state index < -0.39 is 6.04 Å². The molecule has 2 rings (SSSR count). The number of hydrogen-bond donors (Lipinski definition) is 3. The molecule has 0 spiro atoms. The van der Waals surface area contributed by atoms with E-state index in [0.29, 0.717) is 18.7 Å². The van der Waals surface area contributed by atoms with Gasteiger partial charge in [-0.2, -0.15) is 0 Å². The SMILES string of the molecule is NCCc1nc(C(=O)N[C@@H](CO)c2ccccc2)cs1. The fraction of sp³-hybridized carbons (Fsp3) is 0.286. The lowest BCUT2D eigenvalue weighted by Crippen LogP contribution is -2.31. The molecule has 4 N–H and O–H groups in total. The van der Waals surface area contributed by atoms with Gasteiger partial charge in [-0.1, -0.05) is 30.3 Å². The minimum atomic E-state index is -0.427. The van der Waals surface area contributed by atoms with Gasteiger partial charge in [-0.15, -0.1) is 11.3 Å². The molecule has 2 aromatic rings. The van der Waals surface area contributed by atoms with Crippen molar-refractivity contribution in [3.63, 3.8) is 0 Å². The van der Waals surface area contributed by atoms with Crippen LogP contribution in [-0.4, -0.2) is 29.1 Å². The lowest BCUT2D eigenvalue weighted by atomic mass is 10.1. The van der Waals surface area contributed by atoms with Crippen LogP contribution in [-0.2, 0) is 6.42 Å². The maximum atomic E-state index is 12.1. The highest BCUT2D eigenvalue weighted by Crippen LogP contribution is 2.14. The lowest BCUT2D eigenvalue weighted by Gasteiger charge is -2.15. The molecule has 1 atom stereocenters. The topological polar surface area (TPSA) is 88.2 Å². The van der Waals surface area contributed by atoms with Gasteiger partial charge in [0.15, 0.2) is 0 Å². The number of thiazole rings is 1. The molecular weight excluding hydrogens is 274 g/mol. The Morgan fingerprint density at radius 3 is 2.80 bits per heavy atom. The second kappa shape index (κ2) is 7.14. The zero-order valence-electron chi connectivity index (χ0n) is 11.0. The summed E-state index contributed by atoms with van der Waals surface area (Å²) in [5.74, 6) is -0.285. The highest BCUT2D eigenvalue weighted by molar-refractivity contribution is 7.09. The average Bonchev–Trinajstić information content (AvgIpc) is 2.94. The van der Waals surface area contributed by atoms with Crippen molar-refractivity contribution in [2.45, 2.75) is 12.5 Å². The monoisotopic (exact) mass is 291 g/mol. The van der Waals surface area contributed by atoms with Crippen molar-refractivity contribution in [2.24, 2.45) is 5.73 Å². The minimum absolute atomic E-state index is 0.157. The Labute approximate surface area is 121 Å². The quantitative estimate of drug-likeness (QED) is 0.744. The number of carbonyl (C=O) groups is 1. The van der Waals surface area contributed by atoms with Crippen molar-refractivity contribution in [2.75, 3.05) is 13.2 Å². The Balaban J connectivity index is 2.05. The van der Waals surface area contributed by atoms with Crippen LogP contribution in [0.1, 0.15) is 27.1 Å². The molecule has 6 heteroatoms. The van der Waals surface area contributed by atoms with E-state index in [1.165, 1.54) is 11.3 Å². The first kappa shape index (κ1) is 14.6. The number of amides is 1. The average molecular weight is 291 g/mol. The van der Waals surface area contributed by atoms with Gasteiger partial charge >= 0.3 is 0 Å². The van der Waals surface area contributed by atoms with E-state index in [9.17, 15) is 9.90 Å². The van der Waals surface area contributed by atoms with Crippen molar-refractivity contribution >= 4 is 17.2 Å². The Hall–Kier alpha value is -1.76. The van der Waals surface area contributed by atoms with Crippen LogP contribution in [0, 0.1) is 0 Å². The van der Waals surface area contributed by atoms with E-state index in [-0.39, 0.29) is 12.5 Å². The predicted octanol–water partition coefficient (Wildman–Crippen LogP) is 1.11. The molecule has 0 aliphatic heterocycles. The van der Waals surface area contributed by atoms with Crippen molar-refractivity contribution in [3.05, 3.63) is 52.0 Å². The van der Waals surface area contributed by atoms with Crippen molar-refractivity contribution in [1.29, 1.82) is 0 Å². The first-order chi connectivity index (χ1) is 9.74. The number of benzene rings is 1. The van der Waals surface area contributed by atoms with E-state index in [0.717, 1.165) is 10.6 Å². The Kier molecular flexibility index (Phi) is 5.23. The van der Waals surface area contributed by atoms with Gasteiger partial charge in [0.05, 0.1) is 17.7 Å². The maximum Gasteiger partial charge on any atom is 0.271 e. The zero-order chi connectivity index (χ0) is 14.4.